The number of hydrogen-bond donors (Lipinski definition) is 3. The van der Waals surface area contributed by atoms with Crippen molar-refractivity contribution in [2.24, 2.45) is 17.8 Å². The van der Waals surface area contributed by atoms with Crippen molar-refractivity contribution in [1.29, 1.82) is 0 Å². The standard InChI is InChI=1S/C41H56N4O7S2.C34H50N2O8/c1-27(2)33(40(47)43-35(41(48)49)24-29-9-12-31(13-10-29)34-15-19-42-44-34)26-54-53-22-18-39(46)52-32-16-20-45(25-32)36-7-5-6-8-38(36)51-21-17-30-11-14-37(50-4)28(3)23-30;1-4-5-6-7-8-11-27(34(40)44-36-31(37)16-17-32(36)38)33(39)43-26-18-20-35(23-26)28-12-9-10-13-29(28)42-21-19-25-15-14-24(2)30(22-25)41-3/h9-15,19,23,27,32-33,35-36,38H,5-8,16-18,20-22,24-26H2,1-4H3,(H,42,44)(H,43,47)(H,48,49);14-15,22,26-29H,4-13,16-21,23H2,1-3H3/t32-,33+,35+,36-,38-;26-,27?,28-,29-/m11/s1. The number of aryl methyl sites for hydroxylation is 2. The zero-order valence-electron chi connectivity index (χ0n) is 58.7. The van der Waals surface area contributed by atoms with Gasteiger partial charge in [-0.1, -0.05) is 149 Å². The number of likely N-dealkylation sites (tertiary alicyclic amines) is 2. The molecule has 3 amide bonds. The highest BCUT2D eigenvalue weighted by Gasteiger charge is 2.42. The number of aromatic nitrogens is 2. The van der Waals surface area contributed by atoms with Crippen LogP contribution in [-0.2, 0) is 76.6 Å². The first-order valence-electron chi connectivity index (χ1n) is 35.7. The molecule has 1 aromatic heterocycles. The molecule has 4 aromatic rings. The second kappa shape index (κ2) is 40.1. The summed E-state index contributed by atoms with van der Waals surface area (Å²) in [6.45, 7) is 14.5. The van der Waals surface area contributed by atoms with Gasteiger partial charge in [0.05, 0.1) is 57.7 Å². The Morgan fingerprint density at radius 1 is 0.684 bits per heavy atom. The van der Waals surface area contributed by atoms with Crippen LogP contribution in [0.2, 0.25) is 0 Å². The van der Waals surface area contributed by atoms with Crippen LogP contribution < -0.4 is 14.8 Å². The van der Waals surface area contributed by atoms with Crippen LogP contribution in [0.25, 0.3) is 11.3 Å². The number of hydrogen-bond acceptors (Lipinski definition) is 19. The molecule has 2 saturated carbocycles. The molecule has 9 atom stereocenters. The summed E-state index contributed by atoms with van der Waals surface area (Å²) in [6.07, 6.45) is 19.0. The Kier molecular flexibility index (Phi) is 31.6. The predicted octanol–water partition coefficient (Wildman–Crippen LogP) is 11.8. The molecule has 5 fully saturated rings. The van der Waals surface area contributed by atoms with Crippen LogP contribution in [0.4, 0.5) is 0 Å². The van der Waals surface area contributed by atoms with Crippen LogP contribution in [0.1, 0.15) is 171 Å². The van der Waals surface area contributed by atoms with E-state index in [1.54, 1.807) is 31.2 Å². The fourth-order valence-corrected chi connectivity index (χ4v) is 16.3. The number of nitrogens with zero attached hydrogens (tertiary/aromatic N) is 4. The Morgan fingerprint density at radius 2 is 1.29 bits per heavy atom. The Hall–Kier alpha value is -6.50. The molecule has 5 aliphatic rings. The number of rotatable bonds is 36. The van der Waals surface area contributed by atoms with E-state index in [0.717, 1.165) is 143 Å². The van der Waals surface area contributed by atoms with Gasteiger partial charge in [-0.3, -0.25) is 38.9 Å². The van der Waals surface area contributed by atoms with Crippen molar-refractivity contribution in [1.82, 2.24) is 30.4 Å². The van der Waals surface area contributed by atoms with E-state index < -0.39 is 41.7 Å². The predicted molar refractivity (Wildman–Crippen MR) is 378 cm³/mol. The highest BCUT2D eigenvalue weighted by atomic mass is 33.1. The zero-order chi connectivity index (χ0) is 69.9. The van der Waals surface area contributed by atoms with Gasteiger partial charge in [-0.2, -0.15) is 5.10 Å². The maximum absolute atomic E-state index is 13.3. The molecule has 3 N–H and O–H groups in total. The number of carbonyl (C=O) groups excluding carboxylic acids is 6. The number of ether oxygens (including phenoxy) is 6. The van der Waals surface area contributed by atoms with Crippen molar-refractivity contribution >= 4 is 63.2 Å². The lowest BCUT2D eigenvalue weighted by Crippen LogP contribution is -2.46. The fourth-order valence-electron chi connectivity index (χ4n) is 13.9. The first kappa shape index (κ1) is 77.2. The van der Waals surface area contributed by atoms with E-state index >= 15 is 0 Å². The molecular formula is C75H106N6O15S2. The zero-order valence-corrected chi connectivity index (χ0v) is 60.3. The minimum atomic E-state index is -1.17. The summed E-state index contributed by atoms with van der Waals surface area (Å²) in [5, 5.41) is 20.1. The number of amides is 3. The van der Waals surface area contributed by atoms with Crippen LogP contribution in [0.3, 0.4) is 0 Å². The van der Waals surface area contributed by atoms with Crippen LogP contribution in [0.5, 0.6) is 11.5 Å². The third-order valence-corrected chi connectivity index (χ3v) is 22.1. The van der Waals surface area contributed by atoms with Crippen molar-refractivity contribution in [3.63, 3.8) is 0 Å². The van der Waals surface area contributed by atoms with Gasteiger partial charge in [0.15, 0.2) is 5.92 Å². The second-order valence-electron chi connectivity index (χ2n) is 27.1. The monoisotopic (exact) mass is 1390 g/mol. The van der Waals surface area contributed by atoms with Gasteiger partial charge in [0, 0.05) is 75.2 Å². The summed E-state index contributed by atoms with van der Waals surface area (Å²) in [4.78, 5) is 98.5. The van der Waals surface area contributed by atoms with Gasteiger partial charge in [0.1, 0.15) is 29.7 Å². The Balaban J connectivity index is 0.000000255. The molecule has 9 rings (SSSR count). The summed E-state index contributed by atoms with van der Waals surface area (Å²) in [5.41, 5.74) is 7.31. The quantitative estimate of drug-likeness (QED) is 0.0126. The molecule has 0 spiro atoms. The van der Waals surface area contributed by atoms with E-state index in [4.69, 9.17) is 33.3 Å². The van der Waals surface area contributed by atoms with Gasteiger partial charge in [-0.05, 0) is 129 Å². The largest absolute Gasteiger partial charge is 0.496 e. The number of nitrogens with one attached hydrogen (secondary N) is 2. The summed E-state index contributed by atoms with van der Waals surface area (Å²) in [7, 11) is 6.46. The van der Waals surface area contributed by atoms with E-state index in [-0.39, 0.29) is 79.9 Å². The van der Waals surface area contributed by atoms with Gasteiger partial charge in [0.25, 0.3) is 11.8 Å². The molecular weight excluding hydrogens is 1290 g/mol. The first-order chi connectivity index (χ1) is 47.4. The lowest BCUT2D eigenvalue weighted by molar-refractivity contribution is -0.203. The number of esters is 2. The number of imide groups is 1. The number of carboxylic acids is 1. The van der Waals surface area contributed by atoms with Crippen molar-refractivity contribution in [2.45, 2.75) is 218 Å². The number of H-pyrrole nitrogens is 1. The average Bonchev–Trinajstić information content (AvgIpc) is 1.65. The highest BCUT2D eigenvalue weighted by molar-refractivity contribution is 8.76. The van der Waals surface area contributed by atoms with E-state index in [2.05, 4.69) is 69.5 Å². The molecule has 4 heterocycles. The lowest BCUT2D eigenvalue weighted by Gasteiger charge is -2.37. The number of carbonyl (C=O) groups is 7. The van der Waals surface area contributed by atoms with E-state index in [0.29, 0.717) is 61.6 Å². The number of hydroxylamine groups is 2. The van der Waals surface area contributed by atoms with Crippen LogP contribution in [0.15, 0.2) is 72.9 Å². The Bertz CT molecular complexity index is 3170. The summed E-state index contributed by atoms with van der Waals surface area (Å²) < 4.78 is 35.6. The third kappa shape index (κ3) is 23.6. The highest BCUT2D eigenvalue weighted by Crippen LogP contribution is 2.34. The molecule has 98 heavy (non-hydrogen) atoms. The topological polar surface area (TPSA) is 255 Å². The molecule has 3 saturated heterocycles. The van der Waals surface area contributed by atoms with Crippen molar-refractivity contribution < 1.29 is 71.9 Å². The van der Waals surface area contributed by atoms with Gasteiger partial charge >= 0.3 is 23.9 Å². The van der Waals surface area contributed by atoms with Crippen LogP contribution in [0, 0.1) is 31.6 Å². The molecule has 0 bridgehead atoms. The Labute approximate surface area is 587 Å². The number of unbranched alkanes of at least 4 members (excludes halogenated alkanes) is 4. The maximum atomic E-state index is 13.3. The number of carboxylic acid groups (broad SMARTS) is 1. The van der Waals surface area contributed by atoms with E-state index in [1.165, 1.54) is 34.8 Å². The Morgan fingerprint density at radius 3 is 1.88 bits per heavy atom. The van der Waals surface area contributed by atoms with Gasteiger partial charge in [-0.25, -0.2) is 9.59 Å². The molecule has 21 nitrogen and oxygen atoms in total. The van der Waals surface area contributed by atoms with Crippen molar-refractivity contribution in [3.05, 3.63) is 101 Å². The number of methoxy groups -OCH3 is 2. The van der Waals surface area contributed by atoms with Crippen molar-refractivity contribution in [2.75, 3.05) is 65.1 Å². The minimum absolute atomic E-state index is 0.00271. The van der Waals surface area contributed by atoms with E-state index in [9.17, 15) is 38.7 Å². The summed E-state index contributed by atoms with van der Waals surface area (Å²) in [6, 6.07) is 21.5. The second-order valence-corrected chi connectivity index (χ2v) is 29.7. The van der Waals surface area contributed by atoms with Gasteiger partial charge in [0.2, 0.25) is 5.91 Å². The first-order valence-corrected chi connectivity index (χ1v) is 38.2. The SMILES string of the molecule is CCCCCCCC(C(=O)O[C@@H]1CCN([C@@H]2CCCC[C@H]2OCCc2ccc(C)c(OC)c2)C1)C(=O)ON1C(=O)CCC1=O.COc1ccc(CCO[C@@H]2CCCC[C@H]2N2CC[C@@H](OC(=O)CCSSC[C@H](C(=O)N[C@@H](Cc3ccc(-c4ccn[nH]4)cc3)C(=O)O)C(C)C)C2)cc1C. The molecule has 23 heteroatoms. The van der Waals surface area contributed by atoms with Gasteiger partial charge < -0.3 is 43.7 Å². The molecule has 3 aliphatic heterocycles. The van der Waals surface area contributed by atoms with Crippen molar-refractivity contribution in [3.8, 4) is 22.8 Å². The molecule has 1 unspecified atom stereocenters. The number of benzene rings is 3. The molecule has 2 aliphatic carbocycles. The third-order valence-electron chi connectivity index (χ3n) is 19.6. The average molecular weight is 1400 g/mol. The van der Waals surface area contributed by atoms with Gasteiger partial charge in [-0.15, -0.1) is 5.06 Å². The normalized spacial score (nSPS) is 21.4. The van der Waals surface area contributed by atoms with Crippen LogP contribution in [-0.4, -0.2) is 179 Å². The fraction of sp³-hybridized carbons (Fsp3) is 0.627. The number of aromatic amines is 1. The minimum Gasteiger partial charge on any atom is -0.496 e. The number of aliphatic carboxylic acids is 1. The molecule has 3 aromatic carbocycles. The lowest BCUT2D eigenvalue weighted by atomic mass is 9.91. The summed E-state index contributed by atoms with van der Waals surface area (Å²) in [5.74, 6) is -2.84. The molecule has 0 radical (unpaired) electrons. The maximum Gasteiger partial charge on any atom is 0.347 e. The summed E-state index contributed by atoms with van der Waals surface area (Å²) >= 11 is 0. The van der Waals surface area contributed by atoms with E-state index in [1.807, 2.05) is 57.2 Å². The smallest absolute Gasteiger partial charge is 0.347 e. The molecule has 538 valence electrons. The van der Waals surface area contributed by atoms with Crippen LogP contribution >= 0.6 is 21.6 Å².